The van der Waals surface area contributed by atoms with Gasteiger partial charge in [-0.3, -0.25) is 16.0 Å². The van der Waals surface area contributed by atoms with E-state index in [9.17, 15) is 0 Å². The molecule has 2 fully saturated rings. The molecular formula is C15H26N4. The van der Waals surface area contributed by atoms with Gasteiger partial charge in [0.05, 0.1) is 6.20 Å². The zero-order valence-electron chi connectivity index (χ0n) is 11.9. The Morgan fingerprint density at radius 1 is 1.47 bits per heavy atom. The number of hydrazine groups is 1. The third-order valence-corrected chi connectivity index (χ3v) is 5.20. The van der Waals surface area contributed by atoms with Crippen molar-refractivity contribution in [3.05, 3.63) is 18.0 Å². The molecule has 0 aliphatic heterocycles. The van der Waals surface area contributed by atoms with Crippen LogP contribution in [0.15, 0.2) is 12.4 Å². The molecule has 19 heavy (non-hydrogen) atoms. The summed E-state index contributed by atoms with van der Waals surface area (Å²) < 4.78 is 1.99. The lowest BCUT2D eigenvalue weighted by molar-refractivity contribution is 0.277. The second-order valence-corrected chi connectivity index (χ2v) is 6.44. The number of fused-ring (bicyclic) bond motifs is 2. The van der Waals surface area contributed by atoms with Gasteiger partial charge < -0.3 is 0 Å². The van der Waals surface area contributed by atoms with Crippen molar-refractivity contribution in [2.75, 3.05) is 0 Å². The number of aryl methyl sites for hydroxylation is 1. The quantitative estimate of drug-likeness (QED) is 0.610. The van der Waals surface area contributed by atoms with Crippen LogP contribution in [0.25, 0.3) is 0 Å². The second kappa shape index (κ2) is 5.63. The van der Waals surface area contributed by atoms with Crippen LogP contribution in [0.4, 0.5) is 0 Å². The molecule has 2 bridgehead atoms. The van der Waals surface area contributed by atoms with E-state index in [4.69, 9.17) is 5.84 Å². The van der Waals surface area contributed by atoms with Gasteiger partial charge in [0, 0.05) is 18.8 Å². The highest BCUT2D eigenvalue weighted by molar-refractivity contribution is 5.06. The molecule has 1 aromatic rings. The lowest BCUT2D eigenvalue weighted by atomic mass is 9.83. The van der Waals surface area contributed by atoms with E-state index in [0.29, 0.717) is 6.04 Å². The Hall–Kier alpha value is -0.870. The van der Waals surface area contributed by atoms with E-state index in [-0.39, 0.29) is 0 Å². The van der Waals surface area contributed by atoms with Crippen molar-refractivity contribution in [2.45, 2.75) is 58.0 Å². The zero-order chi connectivity index (χ0) is 13.2. The number of aromatic nitrogens is 2. The minimum Gasteiger partial charge on any atom is -0.273 e. The first-order chi connectivity index (χ1) is 9.28. The summed E-state index contributed by atoms with van der Waals surface area (Å²) in [6, 6.07) is 0.402. The highest BCUT2D eigenvalue weighted by atomic mass is 15.3. The number of hydrogen-bond donors (Lipinski definition) is 2. The van der Waals surface area contributed by atoms with Crippen LogP contribution >= 0.6 is 0 Å². The van der Waals surface area contributed by atoms with Crippen LogP contribution in [-0.4, -0.2) is 15.8 Å². The Labute approximate surface area is 115 Å². The maximum Gasteiger partial charge on any atom is 0.0522 e. The molecular weight excluding hydrogens is 236 g/mol. The summed E-state index contributed by atoms with van der Waals surface area (Å²) in [4.78, 5) is 0. The van der Waals surface area contributed by atoms with Crippen molar-refractivity contribution in [3.8, 4) is 0 Å². The minimum absolute atomic E-state index is 0.402. The number of rotatable bonds is 6. The molecule has 0 spiro atoms. The maximum atomic E-state index is 5.76. The molecule has 3 rings (SSSR count). The van der Waals surface area contributed by atoms with Gasteiger partial charge in [0.2, 0.25) is 0 Å². The lowest BCUT2D eigenvalue weighted by Crippen LogP contribution is -2.39. The Kier molecular flexibility index (Phi) is 3.89. The standard InChI is InChI=1S/C15H26N4/c1-2-19-10-12(9-17-19)7-15(18-16)8-14-6-11-3-4-13(14)5-11/h9-11,13-15,18H,2-8,16H2,1H3. The van der Waals surface area contributed by atoms with Gasteiger partial charge in [-0.15, -0.1) is 0 Å². The van der Waals surface area contributed by atoms with E-state index in [2.05, 4.69) is 23.6 Å². The highest BCUT2D eigenvalue weighted by Gasteiger charge is 2.39. The van der Waals surface area contributed by atoms with E-state index in [1.165, 1.54) is 37.7 Å². The Bertz CT molecular complexity index is 414. The number of nitrogens with zero attached hydrogens (tertiary/aromatic N) is 2. The van der Waals surface area contributed by atoms with Crippen molar-refractivity contribution in [2.24, 2.45) is 23.6 Å². The Morgan fingerprint density at radius 3 is 2.95 bits per heavy atom. The molecule has 106 valence electrons. The van der Waals surface area contributed by atoms with E-state index < -0.39 is 0 Å². The average molecular weight is 262 g/mol. The monoisotopic (exact) mass is 262 g/mol. The fourth-order valence-electron chi connectivity index (χ4n) is 4.21. The van der Waals surface area contributed by atoms with Crippen molar-refractivity contribution < 1.29 is 0 Å². The molecule has 0 radical (unpaired) electrons. The SMILES string of the molecule is CCn1cc(CC(CC2CC3CCC2C3)NN)cn1. The molecule has 0 aromatic carbocycles. The summed E-state index contributed by atoms with van der Waals surface area (Å²) in [5.74, 6) is 8.67. The molecule has 0 amide bonds. The summed E-state index contributed by atoms with van der Waals surface area (Å²) in [7, 11) is 0. The van der Waals surface area contributed by atoms with Crippen LogP contribution < -0.4 is 11.3 Å². The van der Waals surface area contributed by atoms with Crippen LogP contribution in [0.3, 0.4) is 0 Å². The van der Waals surface area contributed by atoms with Gasteiger partial charge in [0.25, 0.3) is 0 Å². The number of hydrogen-bond acceptors (Lipinski definition) is 3. The van der Waals surface area contributed by atoms with Gasteiger partial charge in [0.1, 0.15) is 0 Å². The topological polar surface area (TPSA) is 55.9 Å². The van der Waals surface area contributed by atoms with Crippen LogP contribution in [0.2, 0.25) is 0 Å². The normalized spacial score (nSPS) is 30.9. The fourth-order valence-corrected chi connectivity index (χ4v) is 4.21. The first-order valence-electron chi connectivity index (χ1n) is 7.76. The van der Waals surface area contributed by atoms with Crippen LogP contribution in [-0.2, 0) is 13.0 Å². The summed E-state index contributed by atoms with van der Waals surface area (Å²) in [6.07, 6.45) is 12.2. The molecule has 0 saturated heterocycles. The van der Waals surface area contributed by atoms with Crippen LogP contribution in [0.5, 0.6) is 0 Å². The lowest BCUT2D eigenvalue weighted by Gasteiger charge is -2.26. The molecule has 1 aromatic heterocycles. The minimum atomic E-state index is 0.402. The van der Waals surface area contributed by atoms with Gasteiger partial charge in [0.15, 0.2) is 0 Å². The average Bonchev–Trinajstić information content (AvgIpc) is 3.13. The maximum absolute atomic E-state index is 5.76. The van der Waals surface area contributed by atoms with Crippen molar-refractivity contribution in [1.29, 1.82) is 0 Å². The van der Waals surface area contributed by atoms with E-state index in [0.717, 1.165) is 30.7 Å². The second-order valence-electron chi connectivity index (χ2n) is 6.44. The molecule has 4 unspecified atom stereocenters. The first kappa shape index (κ1) is 13.1. The smallest absolute Gasteiger partial charge is 0.0522 e. The van der Waals surface area contributed by atoms with Crippen molar-refractivity contribution in [3.63, 3.8) is 0 Å². The molecule has 2 saturated carbocycles. The molecule has 3 N–H and O–H groups in total. The van der Waals surface area contributed by atoms with Gasteiger partial charge in [-0.05, 0) is 62.3 Å². The van der Waals surface area contributed by atoms with E-state index in [1.807, 2.05) is 10.9 Å². The number of nitrogens with two attached hydrogens (primary N) is 1. The Morgan fingerprint density at radius 2 is 2.37 bits per heavy atom. The summed E-state index contributed by atoms with van der Waals surface area (Å²) >= 11 is 0. The Balaban J connectivity index is 1.55. The van der Waals surface area contributed by atoms with Gasteiger partial charge in [-0.25, -0.2) is 0 Å². The highest BCUT2D eigenvalue weighted by Crippen LogP contribution is 2.49. The van der Waals surface area contributed by atoms with Crippen LogP contribution in [0, 0.1) is 17.8 Å². The fraction of sp³-hybridized carbons (Fsp3) is 0.800. The third-order valence-electron chi connectivity index (χ3n) is 5.20. The molecule has 4 atom stereocenters. The van der Waals surface area contributed by atoms with Crippen LogP contribution in [0.1, 0.15) is 44.6 Å². The van der Waals surface area contributed by atoms with Crippen molar-refractivity contribution >= 4 is 0 Å². The third kappa shape index (κ3) is 2.84. The van der Waals surface area contributed by atoms with Gasteiger partial charge >= 0.3 is 0 Å². The molecule has 1 heterocycles. The van der Waals surface area contributed by atoms with Gasteiger partial charge in [-0.1, -0.05) is 6.42 Å². The van der Waals surface area contributed by atoms with Gasteiger partial charge in [-0.2, -0.15) is 5.10 Å². The first-order valence-corrected chi connectivity index (χ1v) is 7.76. The molecule has 2 aliphatic carbocycles. The molecule has 2 aliphatic rings. The summed E-state index contributed by atoms with van der Waals surface area (Å²) in [6.45, 7) is 3.05. The number of nitrogens with one attached hydrogen (secondary N) is 1. The zero-order valence-corrected chi connectivity index (χ0v) is 11.9. The van der Waals surface area contributed by atoms with E-state index in [1.54, 1.807) is 0 Å². The molecule has 4 nitrogen and oxygen atoms in total. The van der Waals surface area contributed by atoms with E-state index >= 15 is 0 Å². The predicted octanol–water partition coefficient (Wildman–Crippen LogP) is 2.10. The molecule has 4 heteroatoms. The van der Waals surface area contributed by atoms with Crippen molar-refractivity contribution in [1.82, 2.24) is 15.2 Å². The summed E-state index contributed by atoms with van der Waals surface area (Å²) in [5, 5.41) is 4.34. The predicted molar refractivity (Wildman–Crippen MR) is 76.3 cm³/mol. The largest absolute Gasteiger partial charge is 0.273 e. The summed E-state index contributed by atoms with van der Waals surface area (Å²) in [5.41, 5.74) is 4.33.